The Balaban J connectivity index is 0. The highest BCUT2D eigenvalue weighted by atomic mass is 16.5. The Kier molecular flexibility index (Phi) is 16.2. The zero-order valence-corrected chi connectivity index (χ0v) is 12.3. The molecule has 1 aromatic carbocycles. The summed E-state index contributed by atoms with van der Waals surface area (Å²) in [5.41, 5.74) is 1.27. The molecule has 0 amide bonds. The molecule has 0 saturated heterocycles. The lowest BCUT2D eigenvalue weighted by atomic mass is 10.2. The van der Waals surface area contributed by atoms with Crippen LogP contribution in [-0.4, -0.2) is 20.2 Å². The van der Waals surface area contributed by atoms with Gasteiger partial charge in [-0.2, -0.15) is 0 Å². The fraction of sp³-hybridized carbons (Fsp3) is 0.600. The van der Waals surface area contributed by atoms with Gasteiger partial charge in [0.05, 0.1) is 6.61 Å². The Morgan fingerprint density at radius 2 is 1.53 bits per heavy atom. The van der Waals surface area contributed by atoms with E-state index in [4.69, 9.17) is 4.74 Å². The third-order valence-corrected chi connectivity index (χ3v) is 1.86. The minimum Gasteiger partial charge on any atom is -0.494 e. The van der Waals surface area contributed by atoms with Gasteiger partial charge in [0.2, 0.25) is 0 Å². The molecule has 0 heterocycles. The number of rotatable bonds is 5. The van der Waals surface area contributed by atoms with Crippen molar-refractivity contribution in [1.82, 2.24) is 5.32 Å². The van der Waals surface area contributed by atoms with Crippen LogP contribution in [0.1, 0.15) is 39.7 Å². The van der Waals surface area contributed by atoms with Crippen LogP contribution in [0.3, 0.4) is 0 Å². The van der Waals surface area contributed by atoms with Crippen molar-refractivity contribution in [3.8, 4) is 5.75 Å². The summed E-state index contributed by atoms with van der Waals surface area (Å²) in [7, 11) is 1.95. The van der Waals surface area contributed by atoms with Crippen LogP contribution >= 0.6 is 0 Å². The molecule has 0 spiro atoms. The zero-order valence-electron chi connectivity index (χ0n) is 12.3. The van der Waals surface area contributed by atoms with Crippen molar-refractivity contribution < 1.29 is 4.74 Å². The van der Waals surface area contributed by atoms with Gasteiger partial charge in [-0.3, -0.25) is 0 Å². The molecule has 0 fully saturated rings. The van der Waals surface area contributed by atoms with E-state index >= 15 is 0 Å². The first-order chi connectivity index (χ1) is 8.33. The van der Waals surface area contributed by atoms with Crippen molar-refractivity contribution >= 4 is 0 Å². The van der Waals surface area contributed by atoms with Gasteiger partial charge in [-0.25, -0.2) is 0 Å². The second-order valence-corrected chi connectivity index (χ2v) is 3.12. The van der Waals surface area contributed by atoms with Gasteiger partial charge >= 0.3 is 0 Å². The highest BCUT2D eigenvalue weighted by Gasteiger charge is 1.91. The molecule has 0 unspecified atom stereocenters. The van der Waals surface area contributed by atoms with Gasteiger partial charge in [-0.1, -0.05) is 45.4 Å². The van der Waals surface area contributed by atoms with Crippen LogP contribution in [-0.2, 0) is 0 Å². The van der Waals surface area contributed by atoms with Gasteiger partial charge in [-0.15, -0.1) is 0 Å². The average molecular weight is 239 g/mol. The van der Waals surface area contributed by atoms with E-state index in [2.05, 4.69) is 24.4 Å². The fourth-order valence-electron chi connectivity index (χ4n) is 1.07. The summed E-state index contributed by atoms with van der Waals surface area (Å²) in [6, 6.07) is 8.14. The maximum atomic E-state index is 5.52. The van der Waals surface area contributed by atoms with E-state index < -0.39 is 0 Å². The van der Waals surface area contributed by atoms with Crippen LogP contribution in [0, 0.1) is 6.92 Å². The van der Waals surface area contributed by atoms with Crippen LogP contribution in [0.5, 0.6) is 5.75 Å². The summed E-state index contributed by atoms with van der Waals surface area (Å²) >= 11 is 0. The van der Waals surface area contributed by atoms with E-state index in [-0.39, 0.29) is 0 Å². The molecule has 1 rings (SSSR count). The first-order valence-electron chi connectivity index (χ1n) is 6.67. The largest absolute Gasteiger partial charge is 0.494 e. The summed E-state index contributed by atoms with van der Waals surface area (Å²) < 4.78 is 5.52. The van der Waals surface area contributed by atoms with Gasteiger partial charge < -0.3 is 10.1 Å². The highest BCUT2D eigenvalue weighted by molar-refractivity contribution is 5.26. The topological polar surface area (TPSA) is 21.3 Å². The Labute approximate surface area is 107 Å². The van der Waals surface area contributed by atoms with Crippen LogP contribution in [0.15, 0.2) is 24.3 Å². The Morgan fingerprint density at radius 3 is 2.00 bits per heavy atom. The molecule has 2 heteroatoms. The van der Waals surface area contributed by atoms with Crippen LogP contribution in [0.25, 0.3) is 0 Å². The van der Waals surface area contributed by atoms with E-state index in [9.17, 15) is 0 Å². The van der Waals surface area contributed by atoms with Gasteiger partial charge in [0.25, 0.3) is 0 Å². The van der Waals surface area contributed by atoms with E-state index in [1.54, 1.807) is 0 Å². The maximum absolute atomic E-state index is 5.52. The standard InChI is InChI=1S/C11H17NO.2C2H6/c1-10-4-6-11(7-5-10)13-9-3-8-12-2;2*1-2/h4-7,12H,3,8-9H2,1-2H3;2*1-2H3. The maximum Gasteiger partial charge on any atom is 0.119 e. The van der Waals surface area contributed by atoms with Crippen LogP contribution in [0.4, 0.5) is 0 Å². The van der Waals surface area contributed by atoms with Crippen molar-refractivity contribution in [3.63, 3.8) is 0 Å². The lowest BCUT2D eigenvalue weighted by Gasteiger charge is -2.05. The average Bonchev–Trinajstić information content (AvgIpc) is 2.41. The van der Waals surface area contributed by atoms with Crippen molar-refractivity contribution in [2.24, 2.45) is 0 Å². The van der Waals surface area contributed by atoms with Gasteiger partial charge in [0, 0.05) is 0 Å². The summed E-state index contributed by atoms with van der Waals surface area (Å²) in [6.45, 7) is 11.9. The minimum atomic E-state index is 0.782. The van der Waals surface area contributed by atoms with E-state index in [1.807, 2.05) is 46.9 Å². The fourth-order valence-corrected chi connectivity index (χ4v) is 1.07. The van der Waals surface area contributed by atoms with Crippen molar-refractivity contribution in [2.75, 3.05) is 20.2 Å². The third-order valence-electron chi connectivity index (χ3n) is 1.86. The molecule has 0 atom stereocenters. The number of benzene rings is 1. The number of ether oxygens (including phenoxy) is 1. The molecule has 1 N–H and O–H groups in total. The van der Waals surface area contributed by atoms with Crippen LogP contribution < -0.4 is 10.1 Å². The number of nitrogens with one attached hydrogen (secondary N) is 1. The SMILES string of the molecule is CC.CC.CNCCCOc1ccc(C)cc1. The number of aryl methyl sites for hydroxylation is 1. The molecule has 2 nitrogen and oxygen atoms in total. The zero-order chi connectivity index (χ0) is 13.5. The molecule has 0 bridgehead atoms. The van der Waals surface area contributed by atoms with Crippen molar-refractivity contribution in [2.45, 2.75) is 41.0 Å². The number of hydrogen-bond donors (Lipinski definition) is 1. The molecule has 0 aliphatic heterocycles. The molecular weight excluding hydrogens is 210 g/mol. The molecule has 0 aromatic heterocycles. The highest BCUT2D eigenvalue weighted by Crippen LogP contribution is 2.11. The smallest absolute Gasteiger partial charge is 0.119 e. The Bertz CT molecular complexity index is 231. The summed E-state index contributed by atoms with van der Waals surface area (Å²) in [5, 5.41) is 3.08. The van der Waals surface area contributed by atoms with Gasteiger partial charge in [0.15, 0.2) is 0 Å². The molecule has 0 radical (unpaired) electrons. The second kappa shape index (κ2) is 15.0. The molecular formula is C15H29NO. The predicted octanol–water partition coefficient (Wildman–Crippen LogP) is 4.04. The van der Waals surface area contributed by atoms with E-state index in [0.29, 0.717) is 0 Å². The normalized spacial score (nSPS) is 8.35. The van der Waals surface area contributed by atoms with E-state index in [1.165, 1.54) is 5.56 Å². The Hall–Kier alpha value is -1.02. The summed E-state index contributed by atoms with van der Waals surface area (Å²) in [4.78, 5) is 0. The molecule has 100 valence electrons. The van der Waals surface area contributed by atoms with E-state index in [0.717, 1.165) is 25.3 Å². The van der Waals surface area contributed by atoms with Crippen molar-refractivity contribution in [1.29, 1.82) is 0 Å². The van der Waals surface area contributed by atoms with Gasteiger partial charge in [-0.05, 0) is 39.1 Å². The minimum absolute atomic E-state index is 0.782. The predicted molar refractivity (Wildman–Crippen MR) is 77.9 cm³/mol. The van der Waals surface area contributed by atoms with Crippen LogP contribution in [0.2, 0.25) is 0 Å². The Morgan fingerprint density at radius 1 is 1.00 bits per heavy atom. The molecule has 1 aromatic rings. The summed E-state index contributed by atoms with van der Waals surface area (Å²) in [6.07, 6.45) is 1.05. The quantitative estimate of drug-likeness (QED) is 0.783. The molecule has 0 aliphatic carbocycles. The lowest BCUT2D eigenvalue weighted by molar-refractivity contribution is 0.310. The third kappa shape index (κ3) is 11.2. The summed E-state index contributed by atoms with van der Waals surface area (Å²) in [5.74, 6) is 0.960. The number of hydrogen-bond acceptors (Lipinski definition) is 2. The van der Waals surface area contributed by atoms with Gasteiger partial charge in [0.1, 0.15) is 5.75 Å². The lowest BCUT2D eigenvalue weighted by Crippen LogP contribution is -2.11. The first kappa shape index (κ1) is 18.3. The molecule has 0 aliphatic rings. The monoisotopic (exact) mass is 239 g/mol. The molecule has 0 saturated carbocycles. The molecule has 17 heavy (non-hydrogen) atoms. The first-order valence-corrected chi connectivity index (χ1v) is 6.67. The van der Waals surface area contributed by atoms with Crippen molar-refractivity contribution in [3.05, 3.63) is 29.8 Å². The second-order valence-electron chi connectivity index (χ2n) is 3.12.